The summed E-state index contributed by atoms with van der Waals surface area (Å²) in [6.07, 6.45) is 2.33. The van der Waals surface area contributed by atoms with Gasteiger partial charge in [-0.3, -0.25) is 9.69 Å². The van der Waals surface area contributed by atoms with E-state index in [0.29, 0.717) is 31.7 Å². The van der Waals surface area contributed by atoms with E-state index < -0.39 is 27.6 Å². The van der Waals surface area contributed by atoms with Crippen molar-refractivity contribution >= 4 is 39.3 Å². The number of hydrogen-bond acceptors (Lipinski definition) is 9. The predicted octanol–water partition coefficient (Wildman–Crippen LogP) is 4.38. The zero-order chi connectivity index (χ0) is 29.6. The molecule has 2 aliphatic heterocycles. The summed E-state index contributed by atoms with van der Waals surface area (Å²) < 4.78 is 58.7. The molecule has 0 saturated carbocycles. The molecular formula is C28H33ClFN3O6S2. The van der Waals surface area contributed by atoms with Gasteiger partial charge in [0.1, 0.15) is 23.6 Å². The van der Waals surface area contributed by atoms with Gasteiger partial charge in [-0.05, 0) is 69.0 Å². The first-order valence-corrected chi connectivity index (χ1v) is 16.1. The molecule has 222 valence electrons. The van der Waals surface area contributed by atoms with Crippen molar-refractivity contribution in [3.05, 3.63) is 52.8 Å². The normalized spacial score (nSPS) is 20.6. The molecule has 2 aromatic rings. The molecule has 13 heteroatoms. The molecule has 2 fully saturated rings. The molecule has 1 amide bonds. The Balaban J connectivity index is 1.50. The van der Waals surface area contributed by atoms with Crippen LogP contribution in [-0.2, 0) is 24.3 Å². The number of amides is 1. The number of nitriles is 1. The number of nitrogens with zero attached hydrogens (tertiary/aromatic N) is 2. The van der Waals surface area contributed by atoms with Crippen LogP contribution in [0.1, 0.15) is 38.2 Å². The molecule has 2 saturated heterocycles. The monoisotopic (exact) mass is 625 g/mol. The number of methoxy groups -OCH3 is 1. The molecular weight excluding hydrogens is 593 g/mol. The van der Waals surface area contributed by atoms with Crippen LogP contribution in [0, 0.1) is 17.1 Å². The molecule has 41 heavy (non-hydrogen) atoms. The fourth-order valence-electron chi connectivity index (χ4n) is 4.57. The highest BCUT2D eigenvalue weighted by molar-refractivity contribution is 7.99. The topological polar surface area (TPSA) is 118 Å². The second kappa shape index (κ2) is 13.7. The number of rotatable bonds is 12. The Morgan fingerprint density at radius 1 is 1.32 bits per heavy atom. The highest BCUT2D eigenvalue weighted by Crippen LogP contribution is 2.34. The van der Waals surface area contributed by atoms with Gasteiger partial charge >= 0.3 is 0 Å². The van der Waals surface area contributed by atoms with Gasteiger partial charge in [0, 0.05) is 44.0 Å². The molecule has 0 radical (unpaired) electrons. The fourth-order valence-corrected chi connectivity index (χ4v) is 6.97. The van der Waals surface area contributed by atoms with Gasteiger partial charge in [0.25, 0.3) is 15.9 Å². The zero-order valence-electron chi connectivity index (χ0n) is 22.9. The Hall–Kier alpha value is -2.40. The summed E-state index contributed by atoms with van der Waals surface area (Å²) >= 11 is 7.97. The molecule has 2 aliphatic rings. The minimum atomic E-state index is -4.35. The Morgan fingerprint density at radius 2 is 2.05 bits per heavy atom. The minimum absolute atomic E-state index is 0.0603. The lowest BCUT2D eigenvalue weighted by molar-refractivity contribution is -0.148. The van der Waals surface area contributed by atoms with Crippen LogP contribution < -0.4 is 9.46 Å². The minimum Gasteiger partial charge on any atom is -0.487 e. The third-order valence-corrected chi connectivity index (χ3v) is 9.92. The van der Waals surface area contributed by atoms with Crippen LogP contribution in [0.4, 0.5) is 4.39 Å². The Kier molecular flexibility index (Phi) is 10.5. The summed E-state index contributed by atoms with van der Waals surface area (Å²) in [6.45, 7) is 4.25. The van der Waals surface area contributed by atoms with E-state index in [1.54, 1.807) is 26.2 Å². The lowest BCUT2D eigenvalue weighted by Crippen LogP contribution is -2.52. The van der Waals surface area contributed by atoms with Crippen LogP contribution >= 0.6 is 23.4 Å². The summed E-state index contributed by atoms with van der Waals surface area (Å²) in [5.74, 6) is -0.565. The molecule has 0 spiro atoms. The standard InChI is InChI=1S/C28H33ClFN3O6S2/c1-28(10-3-4-12-38-28)27(34)32-41(35,36)24-13-19(15-31)26(25(29)14-24)39-21(9-11-33-16-22(17-33)37-2)18-40-23-7-5-20(30)6-8-23/h5-8,13-14,21-22H,3-4,9-12,16-18H2,1-2H3,(H,32,34)/t21-,28-/m1/s1. The van der Waals surface area contributed by atoms with Gasteiger partial charge in [0.05, 0.1) is 21.6 Å². The quantitative estimate of drug-likeness (QED) is 0.343. The molecule has 1 N–H and O–H groups in total. The van der Waals surface area contributed by atoms with Gasteiger partial charge < -0.3 is 14.2 Å². The first-order valence-electron chi connectivity index (χ1n) is 13.3. The van der Waals surface area contributed by atoms with Crippen molar-refractivity contribution in [1.82, 2.24) is 9.62 Å². The van der Waals surface area contributed by atoms with Crippen molar-refractivity contribution in [3.63, 3.8) is 0 Å². The van der Waals surface area contributed by atoms with Gasteiger partial charge in [-0.15, -0.1) is 11.8 Å². The molecule has 2 atom stereocenters. The largest absolute Gasteiger partial charge is 0.487 e. The molecule has 2 heterocycles. The molecule has 4 rings (SSSR count). The molecule has 0 unspecified atom stereocenters. The first kappa shape index (κ1) is 31.5. The second-order valence-corrected chi connectivity index (χ2v) is 13.5. The maximum atomic E-state index is 13.3. The molecule has 9 nitrogen and oxygen atoms in total. The lowest BCUT2D eigenvalue weighted by Gasteiger charge is -2.38. The average Bonchev–Trinajstić information content (AvgIpc) is 2.92. The average molecular weight is 626 g/mol. The zero-order valence-corrected chi connectivity index (χ0v) is 25.3. The SMILES string of the molecule is COC1CN(CC[C@H](CSc2ccc(F)cc2)Oc2c(Cl)cc(S(=O)(=O)NC(=O)[C@@]3(C)CCCCO3)cc2C#N)C1. The molecule has 0 aliphatic carbocycles. The first-order chi connectivity index (χ1) is 19.5. The van der Waals surface area contributed by atoms with Crippen LogP contribution in [0.15, 0.2) is 46.2 Å². The third-order valence-electron chi connectivity index (χ3n) is 7.18. The Bertz CT molecular complexity index is 1370. The molecule has 0 bridgehead atoms. The number of likely N-dealkylation sites (tertiary alicyclic amines) is 1. The Labute approximate surface area is 249 Å². The van der Waals surface area contributed by atoms with Crippen molar-refractivity contribution in [2.24, 2.45) is 0 Å². The second-order valence-electron chi connectivity index (χ2n) is 10.3. The summed E-state index contributed by atoms with van der Waals surface area (Å²) in [4.78, 5) is 15.5. The summed E-state index contributed by atoms with van der Waals surface area (Å²) in [6, 6.07) is 10.4. The van der Waals surface area contributed by atoms with Crippen molar-refractivity contribution in [2.45, 2.75) is 60.2 Å². The van der Waals surface area contributed by atoms with Gasteiger partial charge in [0.15, 0.2) is 5.75 Å². The maximum absolute atomic E-state index is 13.3. The lowest BCUT2D eigenvalue weighted by atomic mass is 9.95. The van der Waals surface area contributed by atoms with Gasteiger partial charge in [-0.2, -0.15) is 5.26 Å². The number of benzene rings is 2. The molecule has 2 aromatic carbocycles. The van der Waals surface area contributed by atoms with Gasteiger partial charge in [-0.1, -0.05) is 11.6 Å². The van der Waals surface area contributed by atoms with E-state index in [1.807, 2.05) is 6.07 Å². The summed E-state index contributed by atoms with van der Waals surface area (Å²) in [5, 5.41) is 9.80. The summed E-state index contributed by atoms with van der Waals surface area (Å²) in [7, 11) is -2.67. The smallest absolute Gasteiger partial charge is 0.265 e. The third kappa shape index (κ3) is 8.12. The predicted molar refractivity (Wildman–Crippen MR) is 153 cm³/mol. The van der Waals surface area contributed by atoms with Gasteiger partial charge in [-0.25, -0.2) is 17.5 Å². The van der Waals surface area contributed by atoms with Crippen LogP contribution in [-0.4, -0.2) is 76.1 Å². The number of halogens is 2. The van der Waals surface area contributed by atoms with Gasteiger partial charge in [0.2, 0.25) is 0 Å². The van der Waals surface area contributed by atoms with Crippen molar-refractivity contribution in [3.8, 4) is 11.8 Å². The van der Waals surface area contributed by atoms with Crippen LogP contribution in [0.3, 0.4) is 0 Å². The van der Waals surface area contributed by atoms with E-state index in [2.05, 4.69) is 9.62 Å². The van der Waals surface area contributed by atoms with Crippen molar-refractivity contribution in [1.29, 1.82) is 5.26 Å². The molecule has 0 aromatic heterocycles. The van der Waals surface area contributed by atoms with Crippen LogP contribution in [0.2, 0.25) is 5.02 Å². The highest BCUT2D eigenvalue weighted by atomic mass is 35.5. The number of thioether (sulfide) groups is 1. The van der Waals surface area contributed by atoms with Crippen molar-refractivity contribution < 1.29 is 31.8 Å². The van der Waals surface area contributed by atoms with E-state index in [-0.39, 0.29) is 33.2 Å². The highest BCUT2D eigenvalue weighted by Gasteiger charge is 2.38. The fraction of sp³-hybridized carbons (Fsp3) is 0.500. The van der Waals surface area contributed by atoms with E-state index in [9.17, 15) is 22.9 Å². The number of carbonyl (C=O) groups excluding carboxylic acids is 1. The van der Waals surface area contributed by atoms with Crippen LogP contribution in [0.5, 0.6) is 5.75 Å². The van der Waals surface area contributed by atoms with Crippen molar-refractivity contribution in [2.75, 3.05) is 39.1 Å². The van der Waals surface area contributed by atoms with E-state index in [4.69, 9.17) is 25.8 Å². The summed E-state index contributed by atoms with van der Waals surface area (Å²) in [5.41, 5.74) is -1.34. The maximum Gasteiger partial charge on any atom is 0.265 e. The number of carbonyl (C=O) groups is 1. The number of hydrogen-bond donors (Lipinski definition) is 1. The van der Waals surface area contributed by atoms with E-state index in [0.717, 1.165) is 36.9 Å². The van der Waals surface area contributed by atoms with Crippen LogP contribution in [0.25, 0.3) is 0 Å². The van der Waals surface area contributed by atoms with E-state index >= 15 is 0 Å². The Morgan fingerprint density at radius 3 is 2.68 bits per heavy atom. The number of sulfonamides is 1. The van der Waals surface area contributed by atoms with E-state index in [1.165, 1.54) is 30.0 Å². The number of nitrogens with one attached hydrogen (secondary N) is 1. The number of ether oxygens (including phenoxy) is 3.